The van der Waals surface area contributed by atoms with Crippen LogP contribution in [0.1, 0.15) is 11.8 Å². The van der Waals surface area contributed by atoms with Crippen molar-refractivity contribution in [3.05, 3.63) is 26.5 Å². The quantitative estimate of drug-likeness (QED) is 0.311. The van der Waals surface area contributed by atoms with Gasteiger partial charge in [-0.25, -0.2) is 9.89 Å². The van der Waals surface area contributed by atoms with Crippen LogP contribution in [-0.4, -0.2) is 54.4 Å². The zero-order chi connectivity index (χ0) is 12.3. The van der Waals surface area contributed by atoms with Crippen LogP contribution in [0.15, 0.2) is 9.59 Å². The molecule has 0 bridgehead atoms. The van der Waals surface area contributed by atoms with Crippen molar-refractivity contribution < 1.29 is 20.4 Å². The second-order valence-corrected chi connectivity index (χ2v) is 3.08. The summed E-state index contributed by atoms with van der Waals surface area (Å²) >= 11 is 0. The normalized spacial score (nSPS) is 16.8. The molecule has 1 aromatic rings. The Morgan fingerprint density at radius 3 is 2.38 bits per heavy atom. The Balaban J connectivity index is 3.00. The molecule has 0 saturated carbocycles. The SMILES string of the molecule is O=c1[nH]nc(C(O)C(O)C(O)CO)c(=O)[nH]1. The lowest BCUT2D eigenvalue weighted by Gasteiger charge is -2.19. The zero-order valence-electron chi connectivity index (χ0n) is 7.99. The lowest BCUT2D eigenvalue weighted by atomic mass is 10.1. The molecule has 0 aliphatic carbocycles. The largest absolute Gasteiger partial charge is 0.394 e. The highest BCUT2D eigenvalue weighted by Gasteiger charge is 2.28. The minimum atomic E-state index is -1.82. The Hall–Kier alpha value is -1.55. The highest BCUT2D eigenvalue weighted by atomic mass is 16.4. The van der Waals surface area contributed by atoms with Gasteiger partial charge in [0.25, 0.3) is 5.56 Å². The summed E-state index contributed by atoms with van der Waals surface area (Å²) in [4.78, 5) is 23.5. The van der Waals surface area contributed by atoms with Gasteiger partial charge in [0.05, 0.1) is 6.61 Å². The molecule has 0 aliphatic rings. The van der Waals surface area contributed by atoms with Gasteiger partial charge < -0.3 is 20.4 Å². The molecule has 9 nitrogen and oxygen atoms in total. The monoisotopic (exact) mass is 233 g/mol. The summed E-state index contributed by atoms with van der Waals surface area (Å²) in [7, 11) is 0. The van der Waals surface area contributed by atoms with Crippen molar-refractivity contribution in [3.8, 4) is 0 Å². The predicted molar refractivity (Wildman–Crippen MR) is 49.5 cm³/mol. The van der Waals surface area contributed by atoms with Crippen LogP contribution in [0, 0.1) is 0 Å². The fourth-order valence-electron chi connectivity index (χ4n) is 1.04. The Labute approximate surface area is 88.0 Å². The first-order valence-electron chi connectivity index (χ1n) is 4.31. The summed E-state index contributed by atoms with van der Waals surface area (Å²) in [5, 5.41) is 41.4. The third-order valence-electron chi connectivity index (χ3n) is 1.92. The van der Waals surface area contributed by atoms with E-state index in [0.29, 0.717) is 0 Å². The molecule has 0 aliphatic heterocycles. The number of nitrogens with zero attached hydrogens (tertiary/aromatic N) is 1. The van der Waals surface area contributed by atoms with Gasteiger partial charge in [-0.3, -0.25) is 9.78 Å². The molecule has 90 valence electrons. The van der Waals surface area contributed by atoms with Crippen LogP contribution < -0.4 is 11.2 Å². The van der Waals surface area contributed by atoms with E-state index in [1.807, 2.05) is 5.10 Å². The van der Waals surface area contributed by atoms with Gasteiger partial charge in [0, 0.05) is 0 Å². The number of aromatic amines is 2. The molecule has 1 rings (SSSR count). The molecule has 1 aromatic heterocycles. The maximum Gasteiger partial charge on any atom is 0.342 e. The second-order valence-electron chi connectivity index (χ2n) is 3.08. The van der Waals surface area contributed by atoms with Crippen LogP contribution in [0.2, 0.25) is 0 Å². The van der Waals surface area contributed by atoms with E-state index in [1.54, 1.807) is 4.98 Å². The molecule has 3 atom stereocenters. The summed E-state index contributed by atoms with van der Waals surface area (Å²) < 4.78 is 0. The average molecular weight is 233 g/mol. The molecule has 3 unspecified atom stereocenters. The smallest absolute Gasteiger partial charge is 0.342 e. The molecule has 0 fully saturated rings. The maximum absolute atomic E-state index is 11.1. The fourth-order valence-corrected chi connectivity index (χ4v) is 1.04. The topological polar surface area (TPSA) is 160 Å². The third kappa shape index (κ3) is 2.52. The van der Waals surface area contributed by atoms with Crippen molar-refractivity contribution in [2.45, 2.75) is 18.3 Å². The number of hydrogen-bond acceptors (Lipinski definition) is 7. The van der Waals surface area contributed by atoms with E-state index < -0.39 is 41.9 Å². The standard InChI is InChI=1S/C7H11N3O6/c11-1-2(12)4(13)5(14)3-6(15)8-7(16)10-9-3/h2,4-5,11-14H,1H2,(H2,8,10,15,16). The van der Waals surface area contributed by atoms with E-state index in [2.05, 4.69) is 5.10 Å². The molecule has 0 radical (unpaired) electrons. The van der Waals surface area contributed by atoms with Crippen LogP contribution in [0.25, 0.3) is 0 Å². The maximum atomic E-state index is 11.1. The van der Waals surface area contributed by atoms with E-state index in [9.17, 15) is 19.8 Å². The average Bonchev–Trinajstić information content (AvgIpc) is 2.26. The molecule has 1 heterocycles. The second kappa shape index (κ2) is 4.99. The van der Waals surface area contributed by atoms with Crippen molar-refractivity contribution in [1.82, 2.24) is 15.2 Å². The molecule has 0 aromatic carbocycles. The van der Waals surface area contributed by atoms with Gasteiger partial charge in [0.2, 0.25) is 0 Å². The molecule has 6 N–H and O–H groups in total. The molecule has 0 spiro atoms. The van der Waals surface area contributed by atoms with Gasteiger partial charge >= 0.3 is 5.69 Å². The summed E-state index contributed by atoms with van der Waals surface area (Å²) in [5.74, 6) is 0. The number of hydrogen-bond donors (Lipinski definition) is 6. The van der Waals surface area contributed by atoms with Gasteiger partial charge in [-0.2, -0.15) is 5.10 Å². The van der Waals surface area contributed by atoms with E-state index in [1.165, 1.54) is 0 Å². The number of aliphatic hydroxyl groups excluding tert-OH is 4. The number of aliphatic hydroxyl groups is 4. The summed E-state index contributed by atoms with van der Waals surface area (Å²) in [5.41, 5.74) is -2.40. The minimum Gasteiger partial charge on any atom is -0.394 e. The van der Waals surface area contributed by atoms with Crippen LogP contribution in [0.4, 0.5) is 0 Å². The van der Waals surface area contributed by atoms with Crippen molar-refractivity contribution in [3.63, 3.8) is 0 Å². The number of nitrogens with one attached hydrogen (secondary N) is 2. The van der Waals surface area contributed by atoms with Gasteiger partial charge in [0.1, 0.15) is 18.3 Å². The molecule has 9 heteroatoms. The molecule has 0 amide bonds. The Bertz CT molecular complexity index is 454. The van der Waals surface area contributed by atoms with Gasteiger partial charge in [-0.1, -0.05) is 0 Å². The number of H-pyrrole nitrogens is 2. The Kier molecular flexibility index (Phi) is 3.90. The molecular weight excluding hydrogens is 222 g/mol. The van der Waals surface area contributed by atoms with Gasteiger partial charge in [-0.05, 0) is 0 Å². The van der Waals surface area contributed by atoms with Crippen molar-refractivity contribution in [2.24, 2.45) is 0 Å². The first kappa shape index (κ1) is 12.5. The van der Waals surface area contributed by atoms with E-state index in [-0.39, 0.29) is 0 Å². The van der Waals surface area contributed by atoms with Crippen LogP contribution in [-0.2, 0) is 0 Å². The highest BCUT2D eigenvalue weighted by Crippen LogP contribution is 2.12. The van der Waals surface area contributed by atoms with E-state index in [4.69, 9.17) is 10.2 Å². The lowest BCUT2D eigenvalue weighted by Crippen LogP contribution is -2.39. The summed E-state index contributed by atoms with van der Waals surface area (Å²) in [6, 6.07) is 0. The fraction of sp³-hybridized carbons (Fsp3) is 0.571. The first-order valence-corrected chi connectivity index (χ1v) is 4.31. The Morgan fingerprint density at radius 1 is 1.25 bits per heavy atom. The van der Waals surface area contributed by atoms with Crippen molar-refractivity contribution in [2.75, 3.05) is 6.61 Å². The Morgan fingerprint density at radius 2 is 1.88 bits per heavy atom. The van der Waals surface area contributed by atoms with Crippen molar-refractivity contribution >= 4 is 0 Å². The van der Waals surface area contributed by atoms with Crippen LogP contribution in [0.3, 0.4) is 0 Å². The van der Waals surface area contributed by atoms with E-state index in [0.717, 1.165) is 0 Å². The first-order chi connectivity index (χ1) is 7.47. The summed E-state index contributed by atoms with van der Waals surface area (Å²) in [6.45, 7) is -0.792. The van der Waals surface area contributed by atoms with Gasteiger partial charge in [0.15, 0.2) is 5.69 Å². The number of rotatable bonds is 4. The summed E-state index contributed by atoms with van der Waals surface area (Å²) in [6.07, 6.45) is -5.23. The predicted octanol–water partition coefficient (Wildman–Crippen LogP) is -3.79. The van der Waals surface area contributed by atoms with E-state index >= 15 is 0 Å². The van der Waals surface area contributed by atoms with Crippen LogP contribution >= 0.6 is 0 Å². The third-order valence-corrected chi connectivity index (χ3v) is 1.92. The highest BCUT2D eigenvalue weighted by molar-refractivity contribution is 5.00. The molecule has 16 heavy (non-hydrogen) atoms. The molecule has 0 saturated heterocycles. The number of aromatic nitrogens is 3. The zero-order valence-corrected chi connectivity index (χ0v) is 7.99. The van der Waals surface area contributed by atoms with Gasteiger partial charge in [-0.15, -0.1) is 0 Å². The van der Waals surface area contributed by atoms with Crippen molar-refractivity contribution in [1.29, 1.82) is 0 Å². The molecular formula is C7H11N3O6. The lowest BCUT2D eigenvalue weighted by molar-refractivity contribution is -0.0796. The van der Waals surface area contributed by atoms with Crippen LogP contribution in [0.5, 0.6) is 0 Å². The minimum absolute atomic E-state index is 0.556.